The second-order valence-corrected chi connectivity index (χ2v) is 4.18. The molecule has 0 aromatic heterocycles. The first-order valence-electron chi connectivity index (χ1n) is 5.08. The predicted molar refractivity (Wildman–Crippen MR) is 48.4 cm³/mol. The van der Waals surface area contributed by atoms with E-state index >= 15 is 0 Å². The minimum absolute atomic E-state index is 0.974. The highest BCUT2D eigenvalue weighted by Gasteiger charge is 2.34. The van der Waals surface area contributed by atoms with Gasteiger partial charge in [-0.2, -0.15) is 0 Å². The van der Waals surface area contributed by atoms with Crippen LogP contribution in [0.25, 0.3) is 0 Å². The van der Waals surface area contributed by atoms with Gasteiger partial charge in [0.25, 0.3) is 0 Å². The van der Waals surface area contributed by atoms with E-state index in [0.29, 0.717) is 0 Å². The summed E-state index contributed by atoms with van der Waals surface area (Å²) in [5, 5.41) is 0. The molecule has 0 spiro atoms. The minimum Gasteiger partial charge on any atom is -0.0851 e. The third-order valence-electron chi connectivity index (χ3n) is 3.34. The first-order chi connectivity index (χ1) is 5.40. The highest BCUT2D eigenvalue weighted by Crippen LogP contribution is 2.45. The van der Waals surface area contributed by atoms with Crippen molar-refractivity contribution in [1.82, 2.24) is 0 Å². The van der Waals surface area contributed by atoms with E-state index in [1.54, 1.807) is 0 Å². The first kappa shape index (κ1) is 7.39. The van der Waals surface area contributed by atoms with E-state index in [0.717, 1.165) is 17.8 Å². The lowest BCUT2D eigenvalue weighted by Crippen LogP contribution is -2.06. The SMILES string of the molecule is CCCC[C@@H]1C[C@H]2C=C[C@@H]1C2. The van der Waals surface area contributed by atoms with Gasteiger partial charge in [-0.3, -0.25) is 0 Å². The summed E-state index contributed by atoms with van der Waals surface area (Å²) in [6.45, 7) is 2.29. The van der Waals surface area contributed by atoms with Crippen LogP contribution < -0.4 is 0 Å². The average molecular weight is 150 g/mol. The van der Waals surface area contributed by atoms with E-state index < -0.39 is 0 Å². The van der Waals surface area contributed by atoms with E-state index in [4.69, 9.17) is 0 Å². The summed E-state index contributed by atoms with van der Waals surface area (Å²) in [5.41, 5.74) is 0. The number of allylic oxidation sites excluding steroid dienone is 2. The quantitative estimate of drug-likeness (QED) is 0.541. The Hall–Kier alpha value is -0.260. The van der Waals surface area contributed by atoms with Crippen molar-refractivity contribution < 1.29 is 0 Å². The molecule has 0 saturated heterocycles. The van der Waals surface area contributed by atoms with Gasteiger partial charge in [0.15, 0.2) is 0 Å². The Kier molecular flexibility index (Phi) is 2.02. The lowest BCUT2D eigenvalue weighted by molar-refractivity contribution is 0.402. The minimum atomic E-state index is 0.974. The summed E-state index contributed by atoms with van der Waals surface area (Å²) in [5.74, 6) is 3.01. The lowest BCUT2D eigenvalue weighted by atomic mass is 9.89. The lowest BCUT2D eigenvalue weighted by Gasteiger charge is -2.16. The molecule has 1 saturated carbocycles. The number of rotatable bonds is 3. The molecule has 0 N–H and O–H groups in total. The van der Waals surface area contributed by atoms with Crippen molar-refractivity contribution in [3.8, 4) is 0 Å². The normalized spacial score (nSPS) is 40.3. The summed E-state index contributed by atoms with van der Waals surface area (Å²) in [7, 11) is 0. The largest absolute Gasteiger partial charge is 0.0851 e. The zero-order valence-electron chi connectivity index (χ0n) is 7.42. The molecular weight excluding hydrogens is 132 g/mol. The van der Waals surface area contributed by atoms with Crippen molar-refractivity contribution in [2.45, 2.75) is 39.0 Å². The van der Waals surface area contributed by atoms with Crippen LogP contribution in [0, 0.1) is 17.8 Å². The molecule has 2 aliphatic carbocycles. The molecule has 3 atom stereocenters. The second kappa shape index (κ2) is 3.00. The molecule has 0 amide bonds. The molecule has 2 bridgehead atoms. The van der Waals surface area contributed by atoms with Crippen LogP contribution in [-0.2, 0) is 0 Å². The molecular formula is C11H18. The fourth-order valence-electron chi connectivity index (χ4n) is 2.69. The van der Waals surface area contributed by atoms with Crippen molar-refractivity contribution in [2.24, 2.45) is 17.8 Å². The average Bonchev–Trinajstić information content (AvgIpc) is 2.60. The van der Waals surface area contributed by atoms with Gasteiger partial charge in [0.05, 0.1) is 0 Å². The van der Waals surface area contributed by atoms with E-state index in [9.17, 15) is 0 Å². The molecule has 1 fully saturated rings. The molecule has 62 valence electrons. The van der Waals surface area contributed by atoms with Crippen molar-refractivity contribution in [3.63, 3.8) is 0 Å². The van der Waals surface area contributed by atoms with Crippen LogP contribution in [0.2, 0.25) is 0 Å². The number of hydrogen-bond acceptors (Lipinski definition) is 0. The third kappa shape index (κ3) is 1.36. The zero-order chi connectivity index (χ0) is 7.68. The van der Waals surface area contributed by atoms with Gasteiger partial charge in [-0.15, -0.1) is 0 Å². The Balaban J connectivity index is 1.84. The highest BCUT2D eigenvalue weighted by molar-refractivity contribution is 5.09. The standard InChI is InChI=1S/C11H18/c1-2-3-4-10-7-9-5-6-11(10)8-9/h5-6,9-11H,2-4,7-8H2,1H3/t9-,10-,11-/m1/s1. The molecule has 0 heterocycles. The Morgan fingerprint density at radius 1 is 1.27 bits per heavy atom. The second-order valence-electron chi connectivity index (χ2n) is 4.18. The first-order valence-corrected chi connectivity index (χ1v) is 5.08. The van der Waals surface area contributed by atoms with Crippen LogP contribution >= 0.6 is 0 Å². The molecule has 0 radical (unpaired) electrons. The van der Waals surface area contributed by atoms with Gasteiger partial charge < -0.3 is 0 Å². The van der Waals surface area contributed by atoms with Crippen LogP contribution in [0.15, 0.2) is 12.2 Å². The molecule has 0 nitrogen and oxygen atoms in total. The fourth-order valence-corrected chi connectivity index (χ4v) is 2.69. The fraction of sp³-hybridized carbons (Fsp3) is 0.818. The summed E-state index contributed by atoms with van der Waals surface area (Å²) < 4.78 is 0. The topological polar surface area (TPSA) is 0 Å². The maximum Gasteiger partial charge on any atom is -0.0199 e. The van der Waals surface area contributed by atoms with Crippen LogP contribution in [0.4, 0.5) is 0 Å². The summed E-state index contributed by atoms with van der Waals surface area (Å²) in [6, 6.07) is 0. The van der Waals surface area contributed by atoms with Gasteiger partial charge in [0.2, 0.25) is 0 Å². The van der Waals surface area contributed by atoms with Crippen LogP contribution in [0.3, 0.4) is 0 Å². The molecule has 0 aliphatic heterocycles. The summed E-state index contributed by atoms with van der Waals surface area (Å²) in [6.07, 6.45) is 12.2. The van der Waals surface area contributed by atoms with Crippen molar-refractivity contribution in [3.05, 3.63) is 12.2 Å². The van der Waals surface area contributed by atoms with E-state index in [1.165, 1.54) is 32.1 Å². The molecule has 0 heteroatoms. The smallest absolute Gasteiger partial charge is 0.0199 e. The Morgan fingerprint density at radius 3 is 2.73 bits per heavy atom. The maximum absolute atomic E-state index is 2.47. The molecule has 0 aromatic carbocycles. The van der Waals surface area contributed by atoms with Crippen LogP contribution in [0.5, 0.6) is 0 Å². The van der Waals surface area contributed by atoms with E-state index in [1.807, 2.05) is 0 Å². The Bertz CT molecular complexity index is 157. The Morgan fingerprint density at radius 2 is 2.18 bits per heavy atom. The van der Waals surface area contributed by atoms with E-state index in [2.05, 4.69) is 19.1 Å². The molecule has 11 heavy (non-hydrogen) atoms. The molecule has 2 aliphatic rings. The van der Waals surface area contributed by atoms with Crippen LogP contribution in [-0.4, -0.2) is 0 Å². The number of fused-ring (bicyclic) bond motifs is 2. The van der Waals surface area contributed by atoms with Gasteiger partial charge in [0.1, 0.15) is 0 Å². The van der Waals surface area contributed by atoms with Crippen molar-refractivity contribution in [2.75, 3.05) is 0 Å². The molecule has 0 aromatic rings. The zero-order valence-corrected chi connectivity index (χ0v) is 7.42. The van der Waals surface area contributed by atoms with Gasteiger partial charge in [-0.1, -0.05) is 31.9 Å². The number of hydrogen-bond donors (Lipinski definition) is 0. The third-order valence-corrected chi connectivity index (χ3v) is 3.34. The predicted octanol–water partition coefficient (Wildman–Crippen LogP) is 3.39. The highest BCUT2D eigenvalue weighted by atomic mass is 14.4. The van der Waals surface area contributed by atoms with Crippen molar-refractivity contribution in [1.29, 1.82) is 0 Å². The Labute approximate surface area is 69.7 Å². The van der Waals surface area contributed by atoms with Gasteiger partial charge in [-0.05, 0) is 37.0 Å². The summed E-state index contributed by atoms with van der Waals surface area (Å²) >= 11 is 0. The molecule has 0 unspecified atom stereocenters. The van der Waals surface area contributed by atoms with Gasteiger partial charge >= 0.3 is 0 Å². The van der Waals surface area contributed by atoms with Crippen LogP contribution in [0.1, 0.15) is 39.0 Å². The van der Waals surface area contributed by atoms with Crippen molar-refractivity contribution >= 4 is 0 Å². The molecule has 2 rings (SSSR count). The van der Waals surface area contributed by atoms with Gasteiger partial charge in [-0.25, -0.2) is 0 Å². The maximum atomic E-state index is 2.47. The number of unbranched alkanes of at least 4 members (excludes halogenated alkanes) is 1. The monoisotopic (exact) mass is 150 g/mol. The summed E-state index contributed by atoms with van der Waals surface area (Å²) in [4.78, 5) is 0. The van der Waals surface area contributed by atoms with Gasteiger partial charge in [0, 0.05) is 0 Å². The van der Waals surface area contributed by atoms with E-state index in [-0.39, 0.29) is 0 Å².